The van der Waals surface area contributed by atoms with Crippen molar-refractivity contribution >= 4 is 0 Å². The third kappa shape index (κ3) is 3.93. The van der Waals surface area contributed by atoms with Gasteiger partial charge in [-0.2, -0.15) is 5.10 Å². The van der Waals surface area contributed by atoms with Crippen LogP contribution in [-0.4, -0.2) is 16.3 Å². The molecule has 0 aliphatic carbocycles. The first kappa shape index (κ1) is 13.8. The molecule has 3 heteroatoms. The molecule has 0 spiro atoms. The molecule has 0 saturated carbocycles. The maximum absolute atomic E-state index is 4.43. The van der Waals surface area contributed by atoms with E-state index < -0.39 is 0 Å². The number of nitrogens with one attached hydrogen (secondary N) is 1. The van der Waals surface area contributed by atoms with Crippen molar-refractivity contribution in [3.63, 3.8) is 0 Å². The van der Waals surface area contributed by atoms with Crippen molar-refractivity contribution in [3.8, 4) is 0 Å². The van der Waals surface area contributed by atoms with Crippen LogP contribution in [-0.2, 0) is 13.1 Å². The number of benzene rings is 1. The minimum Gasteiger partial charge on any atom is -0.311 e. The van der Waals surface area contributed by atoms with Crippen LogP contribution in [0.2, 0.25) is 0 Å². The van der Waals surface area contributed by atoms with Crippen LogP contribution in [0.1, 0.15) is 30.7 Å². The van der Waals surface area contributed by atoms with Gasteiger partial charge in [-0.25, -0.2) is 0 Å². The predicted octanol–water partition coefficient (Wildman–Crippen LogP) is 2.99. The third-order valence-corrected chi connectivity index (χ3v) is 3.24. The van der Waals surface area contributed by atoms with Crippen LogP contribution in [0.4, 0.5) is 0 Å². The van der Waals surface area contributed by atoms with Gasteiger partial charge in [0.05, 0.1) is 12.2 Å². The highest BCUT2D eigenvalue weighted by Crippen LogP contribution is 2.10. The maximum Gasteiger partial charge on any atom is 0.0665 e. The molecule has 1 aromatic heterocycles. The lowest BCUT2D eigenvalue weighted by Gasteiger charge is -2.11. The van der Waals surface area contributed by atoms with Crippen molar-refractivity contribution in [1.82, 2.24) is 15.1 Å². The van der Waals surface area contributed by atoms with E-state index >= 15 is 0 Å². The SMILES string of the molecule is Cc1ccccc1Cn1nccc1CNCC(C)C. The van der Waals surface area contributed by atoms with E-state index in [0.29, 0.717) is 5.92 Å². The lowest BCUT2D eigenvalue weighted by molar-refractivity contribution is 0.529. The summed E-state index contributed by atoms with van der Waals surface area (Å²) in [5.41, 5.74) is 3.89. The molecule has 1 aromatic carbocycles. The van der Waals surface area contributed by atoms with E-state index in [2.05, 4.69) is 66.2 Å². The Morgan fingerprint density at radius 3 is 2.74 bits per heavy atom. The largest absolute Gasteiger partial charge is 0.311 e. The molecule has 0 radical (unpaired) electrons. The first-order chi connectivity index (χ1) is 9.16. The Balaban J connectivity index is 2.01. The molecule has 0 amide bonds. The van der Waals surface area contributed by atoms with Crippen LogP contribution in [0, 0.1) is 12.8 Å². The topological polar surface area (TPSA) is 29.9 Å². The molecule has 102 valence electrons. The highest BCUT2D eigenvalue weighted by Gasteiger charge is 2.05. The zero-order valence-corrected chi connectivity index (χ0v) is 12.1. The standard InChI is InChI=1S/C16H23N3/c1-13(2)10-17-11-16-8-9-18-19(16)12-15-7-5-4-6-14(15)3/h4-9,13,17H,10-12H2,1-3H3. The van der Waals surface area contributed by atoms with Gasteiger partial charge >= 0.3 is 0 Å². The van der Waals surface area contributed by atoms with Crippen molar-refractivity contribution in [2.75, 3.05) is 6.54 Å². The highest BCUT2D eigenvalue weighted by atomic mass is 15.3. The van der Waals surface area contributed by atoms with Crippen molar-refractivity contribution in [3.05, 3.63) is 53.3 Å². The van der Waals surface area contributed by atoms with Gasteiger partial charge in [-0.1, -0.05) is 38.1 Å². The third-order valence-electron chi connectivity index (χ3n) is 3.24. The summed E-state index contributed by atoms with van der Waals surface area (Å²) in [7, 11) is 0. The van der Waals surface area contributed by atoms with Gasteiger partial charge in [-0.15, -0.1) is 0 Å². The second-order valence-corrected chi connectivity index (χ2v) is 5.43. The summed E-state index contributed by atoms with van der Waals surface area (Å²) in [5.74, 6) is 0.674. The van der Waals surface area contributed by atoms with E-state index in [1.54, 1.807) is 0 Å². The van der Waals surface area contributed by atoms with E-state index in [-0.39, 0.29) is 0 Å². The minimum absolute atomic E-state index is 0.674. The number of aromatic nitrogens is 2. The second kappa shape index (κ2) is 6.53. The molecule has 1 heterocycles. The molecule has 1 N–H and O–H groups in total. The molecule has 0 atom stereocenters. The molecule has 0 unspecified atom stereocenters. The zero-order chi connectivity index (χ0) is 13.7. The van der Waals surface area contributed by atoms with Gasteiger partial charge in [0.15, 0.2) is 0 Å². The van der Waals surface area contributed by atoms with E-state index in [9.17, 15) is 0 Å². The van der Waals surface area contributed by atoms with E-state index in [1.165, 1.54) is 16.8 Å². The fourth-order valence-electron chi connectivity index (χ4n) is 2.09. The lowest BCUT2D eigenvalue weighted by atomic mass is 10.1. The van der Waals surface area contributed by atoms with Gasteiger partial charge in [0.25, 0.3) is 0 Å². The number of nitrogens with zero attached hydrogens (tertiary/aromatic N) is 2. The minimum atomic E-state index is 0.674. The summed E-state index contributed by atoms with van der Waals surface area (Å²) in [6.07, 6.45) is 1.88. The molecular formula is C16H23N3. The summed E-state index contributed by atoms with van der Waals surface area (Å²) >= 11 is 0. The molecule has 2 rings (SSSR count). The normalized spacial score (nSPS) is 11.2. The Hall–Kier alpha value is -1.61. The van der Waals surface area contributed by atoms with Gasteiger partial charge in [0.1, 0.15) is 0 Å². The van der Waals surface area contributed by atoms with E-state index in [0.717, 1.165) is 19.6 Å². The molecule has 0 fully saturated rings. The van der Waals surface area contributed by atoms with Gasteiger partial charge < -0.3 is 5.32 Å². The molecule has 0 bridgehead atoms. The number of hydrogen-bond donors (Lipinski definition) is 1. The van der Waals surface area contributed by atoms with Crippen molar-refractivity contribution in [1.29, 1.82) is 0 Å². The van der Waals surface area contributed by atoms with Gasteiger partial charge in [-0.3, -0.25) is 4.68 Å². The fraction of sp³-hybridized carbons (Fsp3) is 0.438. The van der Waals surface area contributed by atoms with Crippen LogP contribution in [0.3, 0.4) is 0 Å². The summed E-state index contributed by atoms with van der Waals surface area (Å²) in [5, 5.41) is 7.89. The van der Waals surface area contributed by atoms with Crippen molar-refractivity contribution in [2.45, 2.75) is 33.9 Å². The van der Waals surface area contributed by atoms with Gasteiger partial charge in [-0.05, 0) is 36.6 Å². The summed E-state index contributed by atoms with van der Waals surface area (Å²) in [6.45, 7) is 9.35. The molecule has 2 aromatic rings. The van der Waals surface area contributed by atoms with Crippen molar-refractivity contribution < 1.29 is 0 Å². The number of rotatable bonds is 6. The Bertz CT molecular complexity index is 514. The van der Waals surface area contributed by atoms with Crippen LogP contribution in [0.15, 0.2) is 36.5 Å². The lowest BCUT2D eigenvalue weighted by Crippen LogP contribution is -2.21. The second-order valence-electron chi connectivity index (χ2n) is 5.43. The smallest absolute Gasteiger partial charge is 0.0665 e. The van der Waals surface area contributed by atoms with E-state index in [4.69, 9.17) is 0 Å². The first-order valence-corrected chi connectivity index (χ1v) is 6.92. The Morgan fingerprint density at radius 1 is 1.21 bits per heavy atom. The number of aryl methyl sites for hydroxylation is 1. The summed E-state index contributed by atoms with van der Waals surface area (Å²) in [4.78, 5) is 0. The van der Waals surface area contributed by atoms with E-state index in [1.807, 2.05) is 6.20 Å². The average molecular weight is 257 g/mol. The van der Waals surface area contributed by atoms with Gasteiger partial charge in [0, 0.05) is 12.7 Å². The predicted molar refractivity (Wildman–Crippen MR) is 79.1 cm³/mol. The molecular weight excluding hydrogens is 234 g/mol. The molecule has 0 aliphatic heterocycles. The quantitative estimate of drug-likeness (QED) is 0.862. The fourth-order valence-corrected chi connectivity index (χ4v) is 2.09. The molecule has 0 saturated heterocycles. The molecule has 3 nitrogen and oxygen atoms in total. The molecule has 19 heavy (non-hydrogen) atoms. The van der Waals surface area contributed by atoms with Crippen LogP contribution >= 0.6 is 0 Å². The maximum atomic E-state index is 4.43. The summed E-state index contributed by atoms with van der Waals surface area (Å²) in [6, 6.07) is 10.6. The highest BCUT2D eigenvalue weighted by molar-refractivity contribution is 5.26. The zero-order valence-electron chi connectivity index (χ0n) is 12.1. The Labute approximate surface area is 115 Å². The summed E-state index contributed by atoms with van der Waals surface area (Å²) < 4.78 is 2.08. The first-order valence-electron chi connectivity index (χ1n) is 6.92. The van der Waals surface area contributed by atoms with Crippen molar-refractivity contribution in [2.24, 2.45) is 5.92 Å². The average Bonchev–Trinajstić information content (AvgIpc) is 2.79. The molecule has 0 aliphatic rings. The Kier molecular flexibility index (Phi) is 4.74. The van der Waals surface area contributed by atoms with Gasteiger partial charge in [0.2, 0.25) is 0 Å². The Morgan fingerprint density at radius 2 is 2.00 bits per heavy atom. The van der Waals surface area contributed by atoms with Crippen LogP contribution in [0.5, 0.6) is 0 Å². The van der Waals surface area contributed by atoms with Crippen LogP contribution < -0.4 is 5.32 Å². The monoisotopic (exact) mass is 257 g/mol. The number of hydrogen-bond acceptors (Lipinski definition) is 2. The van der Waals surface area contributed by atoms with Crippen LogP contribution in [0.25, 0.3) is 0 Å².